The molecule has 1 atom stereocenters. The van der Waals surface area contributed by atoms with Gasteiger partial charge < -0.3 is 14.7 Å². The first kappa shape index (κ1) is 19.7. The molecule has 29 heavy (non-hydrogen) atoms. The average molecular weight is 394 g/mol. The quantitative estimate of drug-likeness (QED) is 0.796. The van der Waals surface area contributed by atoms with Crippen LogP contribution in [0.3, 0.4) is 0 Å². The van der Waals surface area contributed by atoms with Crippen LogP contribution in [0, 0.1) is 6.92 Å². The third kappa shape index (κ3) is 4.36. The van der Waals surface area contributed by atoms with E-state index in [-0.39, 0.29) is 5.91 Å². The van der Waals surface area contributed by atoms with Crippen LogP contribution in [-0.2, 0) is 0 Å². The summed E-state index contributed by atoms with van der Waals surface area (Å²) in [5, 5.41) is 0. The van der Waals surface area contributed by atoms with Crippen LogP contribution >= 0.6 is 0 Å². The van der Waals surface area contributed by atoms with Gasteiger partial charge in [-0.15, -0.1) is 0 Å². The lowest BCUT2D eigenvalue weighted by atomic mass is 10.00. The van der Waals surface area contributed by atoms with Gasteiger partial charge in [-0.25, -0.2) is 9.97 Å². The van der Waals surface area contributed by atoms with Gasteiger partial charge >= 0.3 is 0 Å². The lowest BCUT2D eigenvalue weighted by Gasteiger charge is -2.37. The molecule has 1 aromatic carbocycles. The number of hydrogen-bond donors (Lipinski definition) is 0. The minimum absolute atomic E-state index is 0.0227. The number of anilines is 2. The van der Waals surface area contributed by atoms with Crippen molar-refractivity contribution < 1.29 is 4.79 Å². The Bertz CT molecular complexity index is 832. The Morgan fingerprint density at radius 2 is 1.79 bits per heavy atom. The zero-order valence-electron chi connectivity index (χ0n) is 17.5. The lowest BCUT2D eigenvalue weighted by molar-refractivity contribution is 0.0740. The second kappa shape index (κ2) is 8.80. The van der Waals surface area contributed by atoms with Gasteiger partial charge in [0.2, 0.25) is 0 Å². The number of piperidine rings is 1. The molecule has 2 aliphatic rings. The molecule has 2 saturated heterocycles. The minimum atomic E-state index is 0.0227. The Hall–Kier alpha value is -2.63. The summed E-state index contributed by atoms with van der Waals surface area (Å²) in [5.74, 6) is 1.61. The van der Waals surface area contributed by atoms with Crippen molar-refractivity contribution in [2.24, 2.45) is 0 Å². The van der Waals surface area contributed by atoms with E-state index in [1.165, 1.54) is 24.9 Å². The number of carbonyl (C=O) groups excluding carboxylic acids is 1. The monoisotopic (exact) mass is 393 g/mol. The first-order chi connectivity index (χ1) is 14.2. The van der Waals surface area contributed by atoms with Crippen LogP contribution in [0.5, 0.6) is 0 Å². The highest BCUT2D eigenvalue weighted by molar-refractivity contribution is 5.93. The summed E-state index contributed by atoms with van der Waals surface area (Å²) >= 11 is 0. The number of nitrogens with zero attached hydrogens (tertiary/aromatic N) is 5. The van der Waals surface area contributed by atoms with Crippen molar-refractivity contribution in [2.75, 3.05) is 42.5 Å². The molecule has 0 spiro atoms. The molecule has 1 aromatic heterocycles. The number of para-hydroxylation sites is 1. The topological polar surface area (TPSA) is 52.6 Å². The van der Waals surface area contributed by atoms with Gasteiger partial charge in [-0.3, -0.25) is 4.79 Å². The van der Waals surface area contributed by atoms with E-state index in [1.807, 2.05) is 24.0 Å². The predicted molar refractivity (Wildman–Crippen MR) is 117 cm³/mol. The van der Waals surface area contributed by atoms with Crippen LogP contribution in [0.25, 0.3) is 0 Å². The molecule has 2 aliphatic heterocycles. The zero-order chi connectivity index (χ0) is 20.2. The van der Waals surface area contributed by atoms with Crippen LogP contribution in [-0.4, -0.2) is 59.5 Å². The molecule has 0 saturated carbocycles. The normalized spacial score (nSPS) is 20.1. The first-order valence-electron chi connectivity index (χ1n) is 10.9. The number of carbonyl (C=O) groups is 1. The molecular formula is C23H31N5O. The van der Waals surface area contributed by atoms with Gasteiger partial charge in [0, 0.05) is 50.5 Å². The Labute approximate surface area is 173 Å². The van der Waals surface area contributed by atoms with Gasteiger partial charge in [0.15, 0.2) is 0 Å². The van der Waals surface area contributed by atoms with E-state index in [2.05, 4.69) is 51.0 Å². The van der Waals surface area contributed by atoms with Crippen LogP contribution in [0.15, 0.2) is 36.4 Å². The number of piperazine rings is 1. The molecule has 0 aliphatic carbocycles. The van der Waals surface area contributed by atoms with E-state index in [4.69, 9.17) is 0 Å². The molecular weight excluding hydrogens is 362 g/mol. The molecule has 2 aromatic rings. The maximum Gasteiger partial charge on any atom is 0.272 e. The zero-order valence-corrected chi connectivity index (χ0v) is 17.5. The standard InChI is InChI=1S/C23H31N5O/c1-3-19-9-7-8-12-28(19)22-17-21(24-18(2)25-22)23(29)27-15-13-26(14-16-27)20-10-5-4-6-11-20/h4-6,10-11,17,19H,3,7-9,12-16H2,1-2H3. The van der Waals surface area contributed by atoms with E-state index >= 15 is 0 Å². The average Bonchev–Trinajstić information content (AvgIpc) is 2.79. The second-order valence-corrected chi connectivity index (χ2v) is 8.02. The van der Waals surface area contributed by atoms with Crippen molar-refractivity contribution in [3.8, 4) is 0 Å². The number of aromatic nitrogens is 2. The van der Waals surface area contributed by atoms with Crippen LogP contribution in [0.4, 0.5) is 11.5 Å². The highest BCUT2D eigenvalue weighted by atomic mass is 16.2. The molecule has 154 valence electrons. The van der Waals surface area contributed by atoms with Crippen molar-refractivity contribution in [1.82, 2.24) is 14.9 Å². The number of aryl methyl sites for hydroxylation is 1. The molecule has 4 rings (SSSR count). The van der Waals surface area contributed by atoms with Gasteiger partial charge in [-0.2, -0.15) is 0 Å². The van der Waals surface area contributed by atoms with Gasteiger partial charge in [-0.05, 0) is 44.7 Å². The number of hydrogen-bond acceptors (Lipinski definition) is 5. The summed E-state index contributed by atoms with van der Waals surface area (Å²) in [4.78, 5) is 29.0. The molecule has 0 N–H and O–H groups in total. The number of amides is 1. The molecule has 1 amide bonds. The summed E-state index contributed by atoms with van der Waals surface area (Å²) in [7, 11) is 0. The van der Waals surface area contributed by atoms with Gasteiger partial charge in [0.25, 0.3) is 5.91 Å². The fraction of sp³-hybridized carbons (Fsp3) is 0.522. The van der Waals surface area contributed by atoms with E-state index < -0.39 is 0 Å². The fourth-order valence-electron chi connectivity index (χ4n) is 4.50. The third-order valence-electron chi connectivity index (χ3n) is 6.12. The maximum absolute atomic E-state index is 13.2. The molecule has 3 heterocycles. The van der Waals surface area contributed by atoms with E-state index in [0.717, 1.165) is 31.9 Å². The highest BCUT2D eigenvalue weighted by Gasteiger charge is 2.26. The van der Waals surface area contributed by atoms with Crippen LogP contribution < -0.4 is 9.80 Å². The van der Waals surface area contributed by atoms with Crippen molar-refractivity contribution in [3.05, 3.63) is 47.9 Å². The third-order valence-corrected chi connectivity index (χ3v) is 6.12. The molecule has 2 fully saturated rings. The molecule has 6 heteroatoms. The Morgan fingerprint density at radius 1 is 1.03 bits per heavy atom. The first-order valence-corrected chi connectivity index (χ1v) is 10.9. The van der Waals surface area contributed by atoms with Gasteiger partial charge in [0.05, 0.1) is 0 Å². The highest BCUT2D eigenvalue weighted by Crippen LogP contribution is 2.26. The summed E-state index contributed by atoms with van der Waals surface area (Å²) in [6.45, 7) is 8.25. The summed E-state index contributed by atoms with van der Waals surface area (Å²) in [6.07, 6.45) is 4.76. The van der Waals surface area contributed by atoms with E-state index in [0.29, 0.717) is 30.6 Å². The van der Waals surface area contributed by atoms with Crippen LogP contribution in [0.2, 0.25) is 0 Å². The van der Waals surface area contributed by atoms with E-state index in [9.17, 15) is 4.79 Å². The van der Waals surface area contributed by atoms with Crippen molar-refractivity contribution in [1.29, 1.82) is 0 Å². The smallest absolute Gasteiger partial charge is 0.272 e. The number of benzene rings is 1. The van der Waals surface area contributed by atoms with Crippen molar-refractivity contribution in [2.45, 2.75) is 45.6 Å². The Morgan fingerprint density at radius 3 is 2.52 bits per heavy atom. The molecule has 0 bridgehead atoms. The van der Waals surface area contributed by atoms with Gasteiger partial charge in [0.1, 0.15) is 17.3 Å². The predicted octanol–water partition coefficient (Wildman–Crippen LogP) is 3.52. The molecule has 1 unspecified atom stereocenters. The lowest BCUT2D eigenvalue weighted by Crippen LogP contribution is -2.49. The SMILES string of the molecule is CCC1CCCCN1c1cc(C(=O)N2CCN(c3ccccc3)CC2)nc(C)n1. The van der Waals surface area contributed by atoms with E-state index in [1.54, 1.807) is 0 Å². The number of rotatable bonds is 4. The largest absolute Gasteiger partial charge is 0.368 e. The summed E-state index contributed by atoms with van der Waals surface area (Å²) < 4.78 is 0. The van der Waals surface area contributed by atoms with Crippen molar-refractivity contribution >= 4 is 17.4 Å². The maximum atomic E-state index is 13.2. The van der Waals surface area contributed by atoms with Crippen molar-refractivity contribution in [3.63, 3.8) is 0 Å². The second-order valence-electron chi connectivity index (χ2n) is 8.02. The van der Waals surface area contributed by atoms with Crippen LogP contribution in [0.1, 0.15) is 48.9 Å². The minimum Gasteiger partial charge on any atom is -0.368 e. The molecule has 0 radical (unpaired) electrons. The molecule has 6 nitrogen and oxygen atoms in total. The Kier molecular flexibility index (Phi) is 5.97. The fourth-order valence-corrected chi connectivity index (χ4v) is 4.50. The summed E-state index contributed by atoms with van der Waals surface area (Å²) in [6, 6.07) is 12.8. The summed E-state index contributed by atoms with van der Waals surface area (Å²) in [5.41, 5.74) is 1.75. The Balaban J connectivity index is 1.47. The van der Waals surface area contributed by atoms with Gasteiger partial charge in [-0.1, -0.05) is 25.1 Å².